The van der Waals surface area contributed by atoms with Gasteiger partial charge < -0.3 is 5.32 Å². The van der Waals surface area contributed by atoms with Crippen molar-refractivity contribution in [2.24, 2.45) is 0 Å². The van der Waals surface area contributed by atoms with Crippen LogP contribution in [0.2, 0.25) is 0 Å². The Balaban J connectivity index is 2.33. The molecule has 0 saturated heterocycles. The number of hydrogen-bond donors (Lipinski definition) is 1. The monoisotopic (exact) mass is 222 g/mol. The van der Waals surface area contributed by atoms with Crippen molar-refractivity contribution < 1.29 is 0 Å². The lowest BCUT2D eigenvalue weighted by molar-refractivity contribution is 0.511. The number of allylic oxidation sites excluding steroid dienone is 1. The quantitative estimate of drug-likeness (QED) is 0.566. The van der Waals surface area contributed by atoms with Crippen molar-refractivity contribution in [3.8, 4) is 0 Å². The second-order valence-corrected chi connectivity index (χ2v) is 4.03. The van der Waals surface area contributed by atoms with E-state index in [1.165, 1.54) is 0 Å². The Kier molecular flexibility index (Phi) is 5.78. The number of nitrogens with zero attached hydrogens (tertiary/aromatic N) is 3. The zero-order valence-corrected chi connectivity index (χ0v) is 10.5. The van der Waals surface area contributed by atoms with Gasteiger partial charge in [-0.05, 0) is 33.4 Å². The van der Waals surface area contributed by atoms with E-state index >= 15 is 0 Å². The van der Waals surface area contributed by atoms with Crippen molar-refractivity contribution in [1.29, 1.82) is 0 Å². The molecule has 0 aromatic carbocycles. The van der Waals surface area contributed by atoms with Crippen LogP contribution in [-0.4, -0.2) is 27.9 Å². The third-order valence-corrected chi connectivity index (χ3v) is 2.34. The Morgan fingerprint density at radius 1 is 1.44 bits per heavy atom. The molecule has 0 fully saturated rings. The van der Waals surface area contributed by atoms with Crippen LogP contribution in [0.4, 0.5) is 0 Å². The Bertz CT molecular complexity index is 315. The van der Waals surface area contributed by atoms with Gasteiger partial charge in [0.05, 0.1) is 0 Å². The summed E-state index contributed by atoms with van der Waals surface area (Å²) in [5.41, 5.74) is 0. The van der Waals surface area contributed by atoms with Gasteiger partial charge >= 0.3 is 0 Å². The summed E-state index contributed by atoms with van der Waals surface area (Å²) < 4.78 is 1.97. The maximum Gasteiger partial charge on any atom is 0.138 e. The number of rotatable bonds is 7. The molecular weight excluding hydrogens is 200 g/mol. The van der Waals surface area contributed by atoms with Crippen molar-refractivity contribution in [3.63, 3.8) is 0 Å². The molecule has 1 heterocycles. The van der Waals surface area contributed by atoms with Gasteiger partial charge in [-0.25, -0.2) is 9.67 Å². The fourth-order valence-corrected chi connectivity index (χ4v) is 1.52. The minimum absolute atomic E-state index is 0.382. The van der Waals surface area contributed by atoms with E-state index in [0.29, 0.717) is 6.04 Å². The third-order valence-electron chi connectivity index (χ3n) is 2.34. The predicted molar refractivity (Wildman–Crippen MR) is 66.4 cm³/mol. The van der Waals surface area contributed by atoms with Crippen molar-refractivity contribution >= 4 is 0 Å². The van der Waals surface area contributed by atoms with Crippen LogP contribution in [0, 0.1) is 0 Å². The highest BCUT2D eigenvalue weighted by Crippen LogP contribution is 2.05. The zero-order valence-electron chi connectivity index (χ0n) is 10.5. The Hall–Kier alpha value is -1.16. The molecule has 0 bridgehead atoms. The van der Waals surface area contributed by atoms with Crippen molar-refractivity contribution in [2.75, 3.05) is 13.1 Å². The topological polar surface area (TPSA) is 42.7 Å². The summed E-state index contributed by atoms with van der Waals surface area (Å²) in [7, 11) is 0. The first-order valence-electron chi connectivity index (χ1n) is 5.99. The van der Waals surface area contributed by atoms with Gasteiger partial charge in [0.15, 0.2) is 0 Å². The van der Waals surface area contributed by atoms with Gasteiger partial charge in [0.1, 0.15) is 12.2 Å². The highest BCUT2D eigenvalue weighted by molar-refractivity contribution is 4.96. The molecule has 1 N–H and O–H groups in total. The maximum atomic E-state index is 4.26. The standard InChI is InChI=1S/C12H22N4/c1-4-13-9-7-5-6-8-12-14-10-15-16(12)11(2)3/h5-6,10-11,13H,4,7-9H2,1-3H3. The van der Waals surface area contributed by atoms with Crippen LogP contribution in [0.1, 0.15) is 39.1 Å². The molecular formula is C12H22N4. The summed E-state index contributed by atoms with van der Waals surface area (Å²) in [5, 5.41) is 7.49. The van der Waals surface area contributed by atoms with Gasteiger partial charge in [0, 0.05) is 12.5 Å². The highest BCUT2D eigenvalue weighted by Gasteiger charge is 2.04. The van der Waals surface area contributed by atoms with Gasteiger partial charge in [0.2, 0.25) is 0 Å². The molecule has 16 heavy (non-hydrogen) atoms. The summed E-state index contributed by atoms with van der Waals surface area (Å²) in [5.74, 6) is 1.04. The molecule has 0 atom stereocenters. The van der Waals surface area contributed by atoms with Gasteiger partial charge in [-0.15, -0.1) is 0 Å². The van der Waals surface area contributed by atoms with Crippen molar-refractivity contribution in [1.82, 2.24) is 20.1 Å². The molecule has 1 aromatic rings. The average molecular weight is 222 g/mol. The fraction of sp³-hybridized carbons (Fsp3) is 0.667. The fourth-order valence-electron chi connectivity index (χ4n) is 1.52. The molecule has 4 nitrogen and oxygen atoms in total. The lowest BCUT2D eigenvalue weighted by Crippen LogP contribution is -2.13. The second-order valence-electron chi connectivity index (χ2n) is 4.03. The third kappa shape index (κ3) is 4.14. The normalized spacial score (nSPS) is 11.8. The first-order valence-corrected chi connectivity index (χ1v) is 5.99. The molecule has 0 aliphatic heterocycles. The molecule has 0 spiro atoms. The molecule has 0 amide bonds. The van der Waals surface area contributed by atoms with Gasteiger partial charge in [0.25, 0.3) is 0 Å². The van der Waals surface area contributed by atoms with Crippen LogP contribution in [0.25, 0.3) is 0 Å². The minimum Gasteiger partial charge on any atom is -0.317 e. The highest BCUT2D eigenvalue weighted by atomic mass is 15.3. The first kappa shape index (κ1) is 12.9. The number of hydrogen-bond acceptors (Lipinski definition) is 3. The molecule has 0 saturated carbocycles. The zero-order chi connectivity index (χ0) is 11.8. The molecule has 0 radical (unpaired) electrons. The van der Waals surface area contributed by atoms with Crippen molar-refractivity contribution in [2.45, 2.75) is 39.7 Å². The lowest BCUT2D eigenvalue weighted by atomic mass is 10.3. The summed E-state index contributed by atoms with van der Waals surface area (Å²) in [6.45, 7) is 8.44. The van der Waals surface area contributed by atoms with Crippen LogP contribution in [0.15, 0.2) is 18.5 Å². The smallest absolute Gasteiger partial charge is 0.138 e. The minimum atomic E-state index is 0.382. The maximum absolute atomic E-state index is 4.26. The summed E-state index contributed by atoms with van der Waals surface area (Å²) in [4.78, 5) is 4.26. The van der Waals surface area contributed by atoms with Gasteiger partial charge in [-0.2, -0.15) is 5.10 Å². The van der Waals surface area contributed by atoms with Crippen LogP contribution < -0.4 is 5.32 Å². The first-order chi connectivity index (χ1) is 7.75. The van der Waals surface area contributed by atoms with Crippen LogP contribution in [0.3, 0.4) is 0 Å². The van der Waals surface area contributed by atoms with E-state index in [2.05, 4.69) is 48.3 Å². The largest absolute Gasteiger partial charge is 0.317 e. The molecule has 1 aromatic heterocycles. The molecule has 4 heteroatoms. The predicted octanol–water partition coefficient (Wildman–Crippen LogP) is 1.96. The van der Waals surface area contributed by atoms with Crippen LogP contribution >= 0.6 is 0 Å². The summed E-state index contributed by atoms with van der Waals surface area (Å²) in [6.07, 6.45) is 7.93. The van der Waals surface area contributed by atoms with E-state index in [4.69, 9.17) is 0 Å². The van der Waals surface area contributed by atoms with E-state index in [1.807, 2.05) is 4.68 Å². The van der Waals surface area contributed by atoms with Crippen molar-refractivity contribution in [3.05, 3.63) is 24.3 Å². The van der Waals surface area contributed by atoms with E-state index in [1.54, 1.807) is 6.33 Å². The van der Waals surface area contributed by atoms with Gasteiger partial charge in [-0.1, -0.05) is 19.1 Å². The molecule has 90 valence electrons. The lowest BCUT2D eigenvalue weighted by Gasteiger charge is -2.07. The summed E-state index contributed by atoms with van der Waals surface area (Å²) >= 11 is 0. The number of nitrogens with one attached hydrogen (secondary N) is 1. The van der Waals surface area contributed by atoms with Gasteiger partial charge in [-0.3, -0.25) is 0 Å². The average Bonchev–Trinajstić information content (AvgIpc) is 2.71. The van der Waals surface area contributed by atoms with E-state index in [9.17, 15) is 0 Å². The second kappa shape index (κ2) is 7.17. The number of aromatic nitrogens is 3. The van der Waals surface area contributed by atoms with Crippen LogP contribution in [-0.2, 0) is 6.42 Å². The Labute approximate surface area is 97.8 Å². The summed E-state index contributed by atoms with van der Waals surface area (Å²) in [6, 6.07) is 0.382. The molecule has 1 rings (SSSR count). The SMILES string of the molecule is CCNCCC=CCc1ncnn1C(C)C. The van der Waals surface area contributed by atoms with E-state index < -0.39 is 0 Å². The Morgan fingerprint density at radius 3 is 2.94 bits per heavy atom. The molecule has 0 unspecified atom stereocenters. The molecule has 0 aliphatic carbocycles. The Morgan fingerprint density at radius 2 is 2.25 bits per heavy atom. The van der Waals surface area contributed by atoms with E-state index in [0.717, 1.165) is 31.8 Å². The molecule has 0 aliphatic rings. The van der Waals surface area contributed by atoms with Crippen LogP contribution in [0.5, 0.6) is 0 Å². The van der Waals surface area contributed by atoms with E-state index in [-0.39, 0.29) is 0 Å².